The van der Waals surface area contributed by atoms with Gasteiger partial charge in [-0.2, -0.15) is 0 Å². The van der Waals surface area contributed by atoms with Gasteiger partial charge in [0.15, 0.2) is 0 Å². The molecule has 21 heavy (non-hydrogen) atoms. The fourth-order valence-electron chi connectivity index (χ4n) is 3.19. The van der Waals surface area contributed by atoms with Crippen LogP contribution < -0.4 is 5.73 Å². The molecular weight excluding hydrogens is 278 g/mol. The SMILES string of the molecule is Cc1cccc2cc(C(N)c3cc4c(s3)CCCC4)oc12. The Hall–Kier alpha value is -1.58. The summed E-state index contributed by atoms with van der Waals surface area (Å²) in [6.45, 7) is 2.07. The third-order valence-electron chi connectivity index (χ3n) is 4.39. The Kier molecular flexibility index (Phi) is 3.12. The van der Waals surface area contributed by atoms with Gasteiger partial charge in [0.25, 0.3) is 0 Å². The highest BCUT2D eigenvalue weighted by molar-refractivity contribution is 7.12. The van der Waals surface area contributed by atoms with E-state index in [0.717, 1.165) is 22.3 Å². The molecule has 0 aliphatic heterocycles. The minimum atomic E-state index is -0.146. The third kappa shape index (κ3) is 2.21. The van der Waals surface area contributed by atoms with Gasteiger partial charge in [-0.05, 0) is 55.9 Å². The maximum absolute atomic E-state index is 6.46. The van der Waals surface area contributed by atoms with Crippen molar-refractivity contribution in [2.24, 2.45) is 5.73 Å². The second-order valence-electron chi connectivity index (χ2n) is 5.92. The van der Waals surface area contributed by atoms with Crippen molar-refractivity contribution >= 4 is 22.3 Å². The zero-order chi connectivity index (χ0) is 14.4. The second kappa shape index (κ2) is 5.00. The fraction of sp³-hybridized carbons (Fsp3) is 0.333. The quantitative estimate of drug-likeness (QED) is 0.742. The van der Waals surface area contributed by atoms with E-state index in [2.05, 4.69) is 37.3 Å². The summed E-state index contributed by atoms with van der Waals surface area (Å²) >= 11 is 1.87. The summed E-state index contributed by atoms with van der Waals surface area (Å²) in [7, 11) is 0. The molecule has 1 unspecified atom stereocenters. The zero-order valence-corrected chi connectivity index (χ0v) is 13.0. The van der Waals surface area contributed by atoms with Gasteiger partial charge in [0.2, 0.25) is 0 Å². The predicted octanol–water partition coefficient (Wildman–Crippen LogP) is 4.73. The Labute approximate surface area is 128 Å². The van der Waals surface area contributed by atoms with Crippen LogP contribution in [0.5, 0.6) is 0 Å². The number of furan rings is 1. The van der Waals surface area contributed by atoms with E-state index < -0.39 is 0 Å². The number of nitrogens with two attached hydrogens (primary N) is 1. The molecule has 0 amide bonds. The van der Waals surface area contributed by atoms with Gasteiger partial charge < -0.3 is 10.2 Å². The van der Waals surface area contributed by atoms with E-state index in [4.69, 9.17) is 10.2 Å². The van der Waals surface area contributed by atoms with E-state index in [-0.39, 0.29) is 6.04 Å². The van der Waals surface area contributed by atoms with Crippen LogP contribution >= 0.6 is 11.3 Å². The Morgan fingerprint density at radius 1 is 1.19 bits per heavy atom. The van der Waals surface area contributed by atoms with Crippen LogP contribution in [0.4, 0.5) is 0 Å². The highest BCUT2D eigenvalue weighted by atomic mass is 32.1. The summed E-state index contributed by atoms with van der Waals surface area (Å²) in [5.41, 5.74) is 10.1. The van der Waals surface area contributed by atoms with Crippen molar-refractivity contribution in [3.05, 3.63) is 57.0 Å². The van der Waals surface area contributed by atoms with E-state index in [1.807, 2.05) is 11.3 Å². The summed E-state index contributed by atoms with van der Waals surface area (Å²) in [5.74, 6) is 0.873. The van der Waals surface area contributed by atoms with Crippen molar-refractivity contribution in [1.29, 1.82) is 0 Å². The van der Waals surface area contributed by atoms with Crippen molar-refractivity contribution in [3.63, 3.8) is 0 Å². The third-order valence-corrected chi connectivity index (χ3v) is 5.71. The summed E-state index contributed by atoms with van der Waals surface area (Å²) < 4.78 is 6.03. The van der Waals surface area contributed by atoms with Crippen LogP contribution in [-0.4, -0.2) is 0 Å². The smallest absolute Gasteiger partial charge is 0.137 e. The summed E-state index contributed by atoms with van der Waals surface area (Å²) in [6.07, 6.45) is 5.04. The Balaban J connectivity index is 1.73. The molecule has 4 rings (SSSR count). The molecule has 1 aromatic carbocycles. The molecule has 0 saturated heterocycles. The van der Waals surface area contributed by atoms with Crippen LogP contribution in [0, 0.1) is 6.92 Å². The van der Waals surface area contributed by atoms with Gasteiger partial charge in [-0.25, -0.2) is 0 Å². The molecule has 3 aromatic rings. The van der Waals surface area contributed by atoms with Gasteiger partial charge in [0.05, 0.1) is 6.04 Å². The fourth-order valence-corrected chi connectivity index (χ4v) is 4.46. The zero-order valence-electron chi connectivity index (χ0n) is 12.2. The maximum Gasteiger partial charge on any atom is 0.137 e. The van der Waals surface area contributed by atoms with Gasteiger partial charge in [-0.15, -0.1) is 11.3 Å². The first-order valence-corrected chi connectivity index (χ1v) is 8.40. The number of para-hydroxylation sites is 1. The van der Waals surface area contributed by atoms with Crippen LogP contribution in [0.1, 0.15) is 45.5 Å². The molecule has 3 heteroatoms. The van der Waals surface area contributed by atoms with E-state index in [9.17, 15) is 0 Å². The number of hydrogen-bond donors (Lipinski definition) is 1. The van der Waals surface area contributed by atoms with Crippen molar-refractivity contribution in [2.75, 3.05) is 0 Å². The molecule has 1 aliphatic carbocycles. The normalized spacial score (nSPS) is 16.1. The lowest BCUT2D eigenvalue weighted by Gasteiger charge is -2.08. The van der Waals surface area contributed by atoms with Gasteiger partial charge >= 0.3 is 0 Å². The minimum absolute atomic E-state index is 0.146. The van der Waals surface area contributed by atoms with Crippen LogP contribution in [0.3, 0.4) is 0 Å². The number of fused-ring (bicyclic) bond motifs is 2. The predicted molar refractivity (Wildman–Crippen MR) is 87.9 cm³/mol. The first-order chi connectivity index (χ1) is 10.2. The van der Waals surface area contributed by atoms with Crippen LogP contribution in [0.25, 0.3) is 11.0 Å². The number of hydrogen-bond acceptors (Lipinski definition) is 3. The molecule has 2 nitrogen and oxygen atoms in total. The van der Waals surface area contributed by atoms with Gasteiger partial charge in [0, 0.05) is 15.1 Å². The second-order valence-corrected chi connectivity index (χ2v) is 7.09. The number of rotatable bonds is 2. The molecule has 2 aromatic heterocycles. The average Bonchev–Trinajstić information content (AvgIpc) is 3.11. The highest BCUT2D eigenvalue weighted by Gasteiger charge is 2.20. The topological polar surface area (TPSA) is 39.2 Å². The largest absolute Gasteiger partial charge is 0.459 e. The Morgan fingerprint density at radius 3 is 2.86 bits per heavy atom. The van der Waals surface area contributed by atoms with Crippen molar-refractivity contribution < 1.29 is 4.42 Å². The lowest BCUT2D eigenvalue weighted by atomic mass is 9.98. The van der Waals surface area contributed by atoms with Gasteiger partial charge in [0.1, 0.15) is 11.3 Å². The van der Waals surface area contributed by atoms with Crippen LogP contribution in [0.15, 0.2) is 34.7 Å². The van der Waals surface area contributed by atoms with Crippen molar-refractivity contribution in [2.45, 2.75) is 38.6 Å². The average molecular weight is 297 g/mol. The first-order valence-electron chi connectivity index (χ1n) is 7.58. The van der Waals surface area contributed by atoms with E-state index >= 15 is 0 Å². The lowest BCUT2D eigenvalue weighted by molar-refractivity contribution is 0.526. The molecule has 108 valence electrons. The Bertz CT molecular complexity index is 775. The molecule has 2 N–H and O–H groups in total. The van der Waals surface area contributed by atoms with Crippen LogP contribution in [0.2, 0.25) is 0 Å². The molecule has 1 atom stereocenters. The van der Waals surface area contributed by atoms with Crippen molar-refractivity contribution in [1.82, 2.24) is 0 Å². The molecule has 0 saturated carbocycles. The standard InChI is InChI=1S/C18H19NOS/c1-11-5-4-7-13-9-14(20-18(11)13)17(19)16-10-12-6-2-3-8-15(12)21-16/h4-5,7,9-10,17H,2-3,6,8,19H2,1H3. The molecule has 0 bridgehead atoms. The first kappa shape index (κ1) is 13.1. The Morgan fingerprint density at radius 2 is 2.05 bits per heavy atom. The molecule has 0 fully saturated rings. The maximum atomic E-state index is 6.46. The summed E-state index contributed by atoms with van der Waals surface area (Å²) in [6, 6.07) is 10.5. The number of aryl methyl sites for hydroxylation is 3. The van der Waals surface area contributed by atoms with Gasteiger partial charge in [-0.1, -0.05) is 18.2 Å². The van der Waals surface area contributed by atoms with Gasteiger partial charge in [-0.3, -0.25) is 0 Å². The molecule has 2 heterocycles. The minimum Gasteiger partial charge on any atom is -0.459 e. The number of thiophene rings is 1. The summed E-state index contributed by atoms with van der Waals surface area (Å²) in [5, 5.41) is 1.14. The lowest BCUT2D eigenvalue weighted by Crippen LogP contribution is -2.08. The van der Waals surface area contributed by atoms with Crippen LogP contribution in [-0.2, 0) is 12.8 Å². The monoisotopic (exact) mass is 297 g/mol. The van der Waals surface area contributed by atoms with E-state index in [1.54, 1.807) is 0 Å². The number of benzene rings is 1. The summed E-state index contributed by atoms with van der Waals surface area (Å²) in [4.78, 5) is 2.76. The van der Waals surface area contributed by atoms with E-state index in [1.165, 1.54) is 41.0 Å². The molecule has 1 aliphatic rings. The highest BCUT2D eigenvalue weighted by Crippen LogP contribution is 2.36. The van der Waals surface area contributed by atoms with E-state index in [0.29, 0.717) is 0 Å². The van der Waals surface area contributed by atoms with Crippen molar-refractivity contribution in [3.8, 4) is 0 Å². The molecular formula is C18H19NOS. The molecule has 0 radical (unpaired) electrons. The molecule has 0 spiro atoms.